The van der Waals surface area contributed by atoms with Crippen molar-refractivity contribution in [3.8, 4) is 0 Å². The molecule has 0 spiro atoms. The van der Waals surface area contributed by atoms with Gasteiger partial charge in [0.15, 0.2) is 0 Å². The first kappa shape index (κ1) is 10.4. The lowest BCUT2D eigenvalue weighted by atomic mass is 9.94. The van der Waals surface area contributed by atoms with Gasteiger partial charge in [0.1, 0.15) is 0 Å². The van der Waals surface area contributed by atoms with Crippen molar-refractivity contribution in [2.24, 2.45) is 13.0 Å². The van der Waals surface area contributed by atoms with Crippen molar-refractivity contribution in [1.29, 1.82) is 0 Å². The van der Waals surface area contributed by atoms with Gasteiger partial charge in [-0.05, 0) is 37.8 Å². The molecule has 0 bridgehead atoms. The van der Waals surface area contributed by atoms with Crippen LogP contribution in [0.15, 0.2) is 24.4 Å². The maximum Gasteiger partial charge on any atom is 0.0762 e. The van der Waals surface area contributed by atoms with Crippen molar-refractivity contribution in [3.63, 3.8) is 0 Å². The molecule has 0 amide bonds. The standard InChI is InChI=1S/C12H19N3/c1-15-8-7-12(14-15)10-13-9-11-5-3-2-4-6-11/h2-3,7-8,11,13H,4-6,9-10H2,1H3. The molecular weight excluding hydrogens is 186 g/mol. The highest BCUT2D eigenvalue weighted by molar-refractivity contribution is 4.98. The first-order valence-corrected chi connectivity index (χ1v) is 5.69. The van der Waals surface area contributed by atoms with Gasteiger partial charge in [-0.3, -0.25) is 4.68 Å². The number of nitrogens with one attached hydrogen (secondary N) is 1. The normalized spacial score (nSPS) is 20.7. The Morgan fingerprint density at radius 3 is 3.13 bits per heavy atom. The predicted molar refractivity (Wildman–Crippen MR) is 61.4 cm³/mol. The van der Waals surface area contributed by atoms with E-state index in [1.165, 1.54) is 19.3 Å². The molecule has 1 unspecified atom stereocenters. The Balaban J connectivity index is 1.68. The smallest absolute Gasteiger partial charge is 0.0762 e. The molecule has 0 radical (unpaired) electrons. The van der Waals surface area contributed by atoms with E-state index in [1.807, 2.05) is 17.9 Å². The zero-order valence-electron chi connectivity index (χ0n) is 9.32. The number of allylic oxidation sites excluding steroid dienone is 2. The fourth-order valence-electron chi connectivity index (χ4n) is 2.00. The first-order valence-electron chi connectivity index (χ1n) is 5.69. The molecule has 0 aliphatic heterocycles. The van der Waals surface area contributed by atoms with Crippen LogP contribution in [0.4, 0.5) is 0 Å². The summed E-state index contributed by atoms with van der Waals surface area (Å²) in [5.74, 6) is 0.818. The molecule has 3 heteroatoms. The molecular formula is C12H19N3. The van der Waals surface area contributed by atoms with Crippen LogP contribution in [0.3, 0.4) is 0 Å². The number of hydrogen-bond donors (Lipinski definition) is 1. The van der Waals surface area contributed by atoms with E-state index >= 15 is 0 Å². The summed E-state index contributed by atoms with van der Waals surface area (Å²) in [6, 6.07) is 2.06. The van der Waals surface area contributed by atoms with Crippen LogP contribution in [0.2, 0.25) is 0 Å². The van der Waals surface area contributed by atoms with Gasteiger partial charge in [0, 0.05) is 19.8 Å². The van der Waals surface area contributed by atoms with Gasteiger partial charge < -0.3 is 5.32 Å². The number of hydrogen-bond acceptors (Lipinski definition) is 2. The molecule has 1 heterocycles. The molecule has 1 aliphatic carbocycles. The molecule has 1 N–H and O–H groups in total. The second-order valence-electron chi connectivity index (χ2n) is 4.26. The topological polar surface area (TPSA) is 29.9 Å². The maximum absolute atomic E-state index is 4.33. The summed E-state index contributed by atoms with van der Waals surface area (Å²) in [5.41, 5.74) is 1.13. The van der Waals surface area contributed by atoms with Crippen LogP contribution in [-0.2, 0) is 13.6 Å². The van der Waals surface area contributed by atoms with Crippen LogP contribution in [0, 0.1) is 5.92 Å². The van der Waals surface area contributed by atoms with Gasteiger partial charge >= 0.3 is 0 Å². The van der Waals surface area contributed by atoms with Crippen molar-refractivity contribution in [2.45, 2.75) is 25.8 Å². The molecule has 0 fully saturated rings. The van der Waals surface area contributed by atoms with E-state index in [-0.39, 0.29) is 0 Å². The summed E-state index contributed by atoms with van der Waals surface area (Å²) in [4.78, 5) is 0. The fraction of sp³-hybridized carbons (Fsp3) is 0.583. The Bertz CT molecular complexity index is 327. The van der Waals surface area contributed by atoms with Crippen molar-refractivity contribution in [3.05, 3.63) is 30.1 Å². The minimum Gasteiger partial charge on any atom is -0.311 e. The highest BCUT2D eigenvalue weighted by Gasteiger charge is 2.08. The zero-order chi connectivity index (χ0) is 10.5. The van der Waals surface area contributed by atoms with Gasteiger partial charge in [-0.2, -0.15) is 5.10 Å². The summed E-state index contributed by atoms with van der Waals surface area (Å²) >= 11 is 0. The van der Waals surface area contributed by atoms with E-state index in [4.69, 9.17) is 0 Å². The van der Waals surface area contributed by atoms with E-state index in [1.54, 1.807) is 0 Å². The molecule has 1 atom stereocenters. The molecule has 0 saturated carbocycles. The Morgan fingerprint density at radius 1 is 1.53 bits per heavy atom. The molecule has 1 aromatic heterocycles. The minimum absolute atomic E-state index is 0.818. The van der Waals surface area contributed by atoms with Gasteiger partial charge in [-0.25, -0.2) is 0 Å². The molecule has 1 aromatic rings. The molecule has 1 aliphatic rings. The second kappa shape index (κ2) is 5.12. The predicted octanol–water partition coefficient (Wildman–Crippen LogP) is 1.87. The Labute approximate surface area is 91.2 Å². The van der Waals surface area contributed by atoms with E-state index < -0.39 is 0 Å². The maximum atomic E-state index is 4.33. The van der Waals surface area contributed by atoms with Crippen molar-refractivity contribution in [1.82, 2.24) is 15.1 Å². The zero-order valence-corrected chi connectivity index (χ0v) is 9.32. The van der Waals surface area contributed by atoms with Crippen LogP contribution in [0.1, 0.15) is 25.0 Å². The van der Waals surface area contributed by atoms with Crippen molar-refractivity contribution >= 4 is 0 Å². The SMILES string of the molecule is Cn1ccc(CNCC2CC=CCC2)n1. The van der Waals surface area contributed by atoms with E-state index in [9.17, 15) is 0 Å². The Kier molecular flexibility index (Phi) is 3.56. The van der Waals surface area contributed by atoms with Crippen LogP contribution in [0.25, 0.3) is 0 Å². The summed E-state index contributed by atoms with van der Waals surface area (Å²) in [6.45, 7) is 2.00. The summed E-state index contributed by atoms with van der Waals surface area (Å²) in [7, 11) is 1.95. The van der Waals surface area contributed by atoms with E-state index in [2.05, 4.69) is 28.6 Å². The van der Waals surface area contributed by atoms with E-state index in [0.717, 1.165) is 24.7 Å². The number of rotatable bonds is 4. The van der Waals surface area contributed by atoms with Gasteiger partial charge in [-0.1, -0.05) is 12.2 Å². The fourth-order valence-corrected chi connectivity index (χ4v) is 2.00. The highest BCUT2D eigenvalue weighted by Crippen LogP contribution is 2.16. The average molecular weight is 205 g/mol. The number of nitrogens with zero attached hydrogens (tertiary/aromatic N) is 2. The Morgan fingerprint density at radius 2 is 2.47 bits per heavy atom. The lowest BCUT2D eigenvalue weighted by Gasteiger charge is -2.17. The lowest BCUT2D eigenvalue weighted by Crippen LogP contribution is -2.23. The molecule has 0 saturated heterocycles. The van der Waals surface area contributed by atoms with Crippen LogP contribution in [0.5, 0.6) is 0 Å². The van der Waals surface area contributed by atoms with Crippen LogP contribution < -0.4 is 5.32 Å². The van der Waals surface area contributed by atoms with Crippen molar-refractivity contribution in [2.75, 3.05) is 6.54 Å². The number of aryl methyl sites for hydroxylation is 1. The summed E-state index contributed by atoms with van der Waals surface area (Å²) in [5, 5.41) is 7.81. The van der Waals surface area contributed by atoms with Gasteiger partial charge in [-0.15, -0.1) is 0 Å². The van der Waals surface area contributed by atoms with Crippen LogP contribution in [-0.4, -0.2) is 16.3 Å². The molecule has 82 valence electrons. The molecule has 0 aromatic carbocycles. The third-order valence-electron chi connectivity index (χ3n) is 2.89. The van der Waals surface area contributed by atoms with Crippen LogP contribution >= 0.6 is 0 Å². The number of aromatic nitrogens is 2. The largest absolute Gasteiger partial charge is 0.311 e. The highest BCUT2D eigenvalue weighted by atomic mass is 15.3. The lowest BCUT2D eigenvalue weighted by molar-refractivity contribution is 0.438. The van der Waals surface area contributed by atoms with E-state index in [0.29, 0.717) is 0 Å². The third kappa shape index (κ3) is 3.20. The third-order valence-corrected chi connectivity index (χ3v) is 2.89. The first-order chi connectivity index (χ1) is 7.34. The van der Waals surface area contributed by atoms with Gasteiger partial charge in [0.25, 0.3) is 0 Å². The molecule has 15 heavy (non-hydrogen) atoms. The monoisotopic (exact) mass is 205 g/mol. The van der Waals surface area contributed by atoms with Gasteiger partial charge in [0.05, 0.1) is 5.69 Å². The minimum atomic E-state index is 0.818. The summed E-state index contributed by atoms with van der Waals surface area (Å²) < 4.78 is 1.85. The molecule has 3 nitrogen and oxygen atoms in total. The average Bonchev–Trinajstić information content (AvgIpc) is 2.66. The quantitative estimate of drug-likeness (QED) is 0.760. The van der Waals surface area contributed by atoms with Gasteiger partial charge in [0.2, 0.25) is 0 Å². The Hall–Kier alpha value is -1.09. The van der Waals surface area contributed by atoms with Crippen molar-refractivity contribution < 1.29 is 0 Å². The molecule has 2 rings (SSSR count). The second-order valence-corrected chi connectivity index (χ2v) is 4.26. The summed E-state index contributed by atoms with van der Waals surface area (Å²) in [6.07, 6.45) is 10.4.